The van der Waals surface area contributed by atoms with Gasteiger partial charge >= 0.3 is 0 Å². The van der Waals surface area contributed by atoms with Crippen molar-refractivity contribution >= 4 is 40.5 Å². The molecule has 2 amide bonds. The highest BCUT2D eigenvalue weighted by Gasteiger charge is 2.35. The number of carbonyl (C=O) groups excluding carboxylic acids is 2. The van der Waals surface area contributed by atoms with Gasteiger partial charge in [0, 0.05) is 24.9 Å². The van der Waals surface area contributed by atoms with Crippen molar-refractivity contribution in [2.24, 2.45) is 5.92 Å². The van der Waals surface area contributed by atoms with Crippen molar-refractivity contribution in [3.63, 3.8) is 0 Å². The molecule has 0 radical (unpaired) electrons. The molecule has 0 bridgehead atoms. The number of hydrogen-bond acceptors (Lipinski definition) is 7. The predicted molar refractivity (Wildman–Crippen MR) is 113 cm³/mol. The van der Waals surface area contributed by atoms with Crippen LogP contribution in [0.5, 0.6) is 0 Å². The van der Waals surface area contributed by atoms with Gasteiger partial charge in [-0.15, -0.1) is 17.9 Å². The van der Waals surface area contributed by atoms with Gasteiger partial charge in [-0.05, 0) is 24.4 Å². The number of allylic oxidation sites excluding steroid dienone is 1. The van der Waals surface area contributed by atoms with Crippen molar-refractivity contribution in [2.75, 3.05) is 11.9 Å². The molecular weight excluding hydrogens is 424 g/mol. The first-order valence-electron chi connectivity index (χ1n) is 9.34. The molecule has 1 aliphatic heterocycles. The van der Waals surface area contributed by atoms with Crippen molar-refractivity contribution in [3.05, 3.63) is 58.5 Å². The molecule has 0 aliphatic carbocycles. The van der Waals surface area contributed by atoms with Crippen LogP contribution in [0.4, 0.5) is 5.13 Å². The Morgan fingerprint density at radius 1 is 1.53 bits per heavy atom. The fourth-order valence-electron chi connectivity index (χ4n) is 3.31. The number of likely N-dealkylation sites (tertiary alicyclic amines) is 1. The molecule has 4 heterocycles. The normalized spacial score (nSPS) is 16.2. The largest absolute Gasteiger partial charge is 0.467 e. The van der Waals surface area contributed by atoms with E-state index in [9.17, 15) is 9.59 Å². The maximum absolute atomic E-state index is 12.6. The van der Waals surface area contributed by atoms with Crippen LogP contribution in [0.3, 0.4) is 0 Å². The SMILES string of the molecule is C=CCn1c(Cc2csc(NC(=O)C3CC(=O)N(Cc4ccco4)C3)n2)n[nH]c1=S. The van der Waals surface area contributed by atoms with Gasteiger partial charge < -0.3 is 14.6 Å². The van der Waals surface area contributed by atoms with Crippen LogP contribution in [0.1, 0.15) is 23.7 Å². The molecule has 2 N–H and O–H groups in total. The van der Waals surface area contributed by atoms with Crippen molar-refractivity contribution in [1.82, 2.24) is 24.6 Å². The van der Waals surface area contributed by atoms with Crippen LogP contribution in [0.2, 0.25) is 0 Å². The summed E-state index contributed by atoms with van der Waals surface area (Å²) in [5.74, 6) is 0.766. The predicted octanol–water partition coefficient (Wildman–Crippen LogP) is 2.75. The highest BCUT2D eigenvalue weighted by molar-refractivity contribution is 7.71. The second-order valence-electron chi connectivity index (χ2n) is 6.91. The lowest BCUT2D eigenvalue weighted by Gasteiger charge is -2.14. The summed E-state index contributed by atoms with van der Waals surface area (Å²) >= 11 is 6.56. The van der Waals surface area contributed by atoms with Gasteiger partial charge in [-0.1, -0.05) is 6.08 Å². The van der Waals surface area contributed by atoms with E-state index in [4.69, 9.17) is 16.6 Å². The highest BCUT2D eigenvalue weighted by Crippen LogP contribution is 2.24. The van der Waals surface area contributed by atoms with Crippen molar-refractivity contribution in [3.8, 4) is 0 Å². The lowest BCUT2D eigenvalue weighted by Crippen LogP contribution is -2.27. The number of nitrogens with zero attached hydrogens (tertiary/aromatic N) is 4. The third-order valence-corrected chi connectivity index (χ3v) is 5.90. The number of hydrogen-bond donors (Lipinski definition) is 2. The van der Waals surface area contributed by atoms with Crippen LogP contribution in [0.25, 0.3) is 0 Å². The van der Waals surface area contributed by atoms with Crippen LogP contribution >= 0.6 is 23.6 Å². The first-order valence-corrected chi connectivity index (χ1v) is 10.6. The Bertz CT molecular complexity index is 1110. The fraction of sp³-hybridized carbons (Fsp3) is 0.316. The molecule has 1 unspecified atom stereocenters. The molecule has 1 saturated heterocycles. The van der Waals surface area contributed by atoms with E-state index < -0.39 is 5.92 Å². The van der Waals surface area contributed by atoms with Gasteiger partial charge in [-0.25, -0.2) is 4.98 Å². The van der Waals surface area contributed by atoms with E-state index in [0.717, 1.165) is 11.5 Å². The second-order valence-corrected chi connectivity index (χ2v) is 8.15. The van der Waals surface area contributed by atoms with Crippen molar-refractivity contribution in [2.45, 2.75) is 25.9 Å². The molecule has 0 saturated carbocycles. The van der Waals surface area contributed by atoms with Gasteiger partial charge in [-0.2, -0.15) is 5.10 Å². The molecule has 1 atom stereocenters. The first-order chi connectivity index (χ1) is 14.5. The van der Waals surface area contributed by atoms with Crippen LogP contribution in [-0.2, 0) is 29.1 Å². The quantitative estimate of drug-likeness (QED) is 0.408. The van der Waals surface area contributed by atoms with Crippen LogP contribution < -0.4 is 5.32 Å². The van der Waals surface area contributed by atoms with Crippen LogP contribution in [0, 0.1) is 10.7 Å². The zero-order valence-corrected chi connectivity index (χ0v) is 17.7. The minimum absolute atomic E-state index is 0.0589. The Balaban J connectivity index is 1.36. The third kappa shape index (κ3) is 4.41. The smallest absolute Gasteiger partial charge is 0.231 e. The van der Waals surface area contributed by atoms with Gasteiger partial charge in [0.15, 0.2) is 9.90 Å². The van der Waals surface area contributed by atoms with E-state index in [-0.39, 0.29) is 18.2 Å². The first kappa shape index (κ1) is 20.2. The molecule has 3 aromatic rings. The van der Waals surface area contributed by atoms with E-state index in [1.165, 1.54) is 11.3 Å². The highest BCUT2D eigenvalue weighted by atomic mass is 32.1. The summed E-state index contributed by atoms with van der Waals surface area (Å²) in [6, 6.07) is 3.59. The van der Waals surface area contributed by atoms with Crippen molar-refractivity contribution in [1.29, 1.82) is 0 Å². The molecular formula is C19H20N6O3S2. The van der Waals surface area contributed by atoms with Gasteiger partial charge in [0.1, 0.15) is 11.6 Å². The maximum Gasteiger partial charge on any atom is 0.231 e. The summed E-state index contributed by atoms with van der Waals surface area (Å²) in [5, 5.41) is 12.2. The Labute approximate surface area is 181 Å². The number of rotatable bonds is 8. The summed E-state index contributed by atoms with van der Waals surface area (Å²) in [6.45, 7) is 5.02. The minimum atomic E-state index is -0.413. The number of aromatic nitrogens is 4. The van der Waals surface area contributed by atoms with E-state index in [2.05, 4.69) is 27.1 Å². The number of amides is 2. The molecule has 9 nitrogen and oxygen atoms in total. The van der Waals surface area contributed by atoms with E-state index in [0.29, 0.717) is 41.7 Å². The van der Waals surface area contributed by atoms with Gasteiger partial charge in [0.05, 0.1) is 30.8 Å². The molecule has 3 aromatic heterocycles. The fourth-order valence-corrected chi connectivity index (χ4v) is 4.25. The minimum Gasteiger partial charge on any atom is -0.467 e. The van der Waals surface area contributed by atoms with Gasteiger partial charge in [0.2, 0.25) is 11.8 Å². The van der Waals surface area contributed by atoms with Gasteiger partial charge in [0.25, 0.3) is 0 Å². The summed E-state index contributed by atoms with van der Waals surface area (Å²) in [7, 11) is 0. The van der Waals surface area contributed by atoms with E-state index >= 15 is 0 Å². The number of carbonyl (C=O) groups is 2. The third-order valence-electron chi connectivity index (χ3n) is 4.78. The average Bonchev–Trinajstić information content (AvgIpc) is 3.50. The van der Waals surface area contributed by atoms with E-state index in [1.54, 1.807) is 23.3 Å². The molecule has 0 aromatic carbocycles. The Morgan fingerprint density at radius 2 is 2.40 bits per heavy atom. The Morgan fingerprint density at radius 3 is 3.17 bits per heavy atom. The molecule has 4 rings (SSSR count). The zero-order chi connectivity index (χ0) is 21.1. The summed E-state index contributed by atoms with van der Waals surface area (Å²) < 4.78 is 7.66. The van der Waals surface area contributed by atoms with Crippen molar-refractivity contribution < 1.29 is 14.0 Å². The average molecular weight is 445 g/mol. The molecule has 1 aliphatic rings. The topological polar surface area (TPSA) is 109 Å². The lowest BCUT2D eigenvalue weighted by molar-refractivity contribution is -0.128. The van der Waals surface area contributed by atoms with E-state index in [1.807, 2.05) is 16.0 Å². The summed E-state index contributed by atoms with van der Waals surface area (Å²) in [6.07, 6.45) is 3.98. The number of H-pyrrole nitrogens is 1. The molecule has 156 valence electrons. The summed E-state index contributed by atoms with van der Waals surface area (Å²) in [5.41, 5.74) is 0.775. The number of nitrogens with one attached hydrogen (secondary N) is 2. The number of thiazole rings is 1. The summed E-state index contributed by atoms with van der Waals surface area (Å²) in [4.78, 5) is 31.0. The number of anilines is 1. The lowest BCUT2D eigenvalue weighted by atomic mass is 10.1. The molecule has 30 heavy (non-hydrogen) atoms. The maximum atomic E-state index is 12.6. The second kappa shape index (κ2) is 8.76. The van der Waals surface area contributed by atoms with Crippen LogP contribution in [0.15, 0.2) is 40.8 Å². The standard InChI is InChI=1S/C19H20N6O3S2/c1-2-5-25-15(22-23-19(25)29)8-13-11-30-18(20-13)21-17(27)12-7-16(26)24(9-12)10-14-4-3-6-28-14/h2-4,6,11-12H,1,5,7-10H2,(H,23,29)(H,20,21,27). The number of furan rings is 1. The monoisotopic (exact) mass is 444 g/mol. The zero-order valence-electron chi connectivity index (χ0n) is 16.0. The molecule has 1 fully saturated rings. The van der Waals surface area contributed by atoms with Crippen LogP contribution in [-0.4, -0.2) is 43.0 Å². The molecule has 11 heteroatoms. The Hall–Kier alpha value is -3.05. The van der Waals surface area contributed by atoms with Gasteiger partial charge in [-0.3, -0.25) is 19.3 Å². The Kier molecular flexibility index (Phi) is 5.91. The number of aromatic amines is 1. The molecule has 0 spiro atoms.